The van der Waals surface area contributed by atoms with E-state index in [2.05, 4.69) is 20.9 Å². The molecule has 28 heavy (non-hydrogen) atoms. The highest BCUT2D eigenvalue weighted by Gasteiger charge is 2.26. The molecule has 7 heteroatoms. The number of piperidine rings is 1. The first kappa shape index (κ1) is 18.4. The van der Waals surface area contributed by atoms with Crippen LogP contribution in [0.15, 0.2) is 42.9 Å². The van der Waals surface area contributed by atoms with Crippen LogP contribution in [0.5, 0.6) is 0 Å². The molecule has 3 N–H and O–H groups in total. The number of benzene rings is 1. The van der Waals surface area contributed by atoms with Gasteiger partial charge in [-0.2, -0.15) is 5.26 Å². The molecular weight excluding hydrogens is 370 g/mol. The number of para-hydroxylation sites is 1. The summed E-state index contributed by atoms with van der Waals surface area (Å²) in [6.45, 7) is 1.63. The second-order valence-electron chi connectivity index (χ2n) is 6.87. The van der Waals surface area contributed by atoms with E-state index in [0.717, 1.165) is 48.3 Å². The lowest BCUT2D eigenvalue weighted by molar-refractivity contribution is 0.282. The summed E-state index contributed by atoms with van der Waals surface area (Å²) in [5, 5.41) is 20.1. The number of pyridine rings is 1. The lowest BCUT2D eigenvalue weighted by Crippen LogP contribution is -2.33. The molecule has 3 heterocycles. The smallest absolute Gasteiger partial charge is 0.180 e. The number of hydrogen-bond donors (Lipinski definition) is 2. The van der Waals surface area contributed by atoms with Crippen molar-refractivity contribution in [1.29, 1.82) is 5.26 Å². The molecule has 0 aliphatic carbocycles. The summed E-state index contributed by atoms with van der Waals surface area (Å²) in [4.78, 5) is 11.9. The molecule has 0 unspecified atom stereocenters. The molecule has 4 rings (SSSR count). The maximum Gasteiger partial charge on any atom is 0.180 e. The minimum Gasteiger partial charge on any atom is -0.392 e. The van der Waals surface area contributed by atoms with Crippen molar-refractivity contribution in [3.63, 3.8) is 0 Å². The minimum atomic E-state index is -0.0665. The zero-order valence-corrected chi connectivity index (χ0v) is 16.2. The van der Waals surface area contributed by atoms with E-state index in [1.807, 2.05) is 30.5 Å². The van der Waals surface area contributed by atoms with Crippen molar-refractivity contribution in [2.24, 2.45) is 0 Å². The van der Waals surface area contributed by atoms with Crippen LogP contribution in [0.3, 0.4) is 0 Å². The fourth-order valence-electron chi connectivity index (χ4n) is 3.87. The number of nitrogens with two attached hydrogens (primary N) is 1. The highest BCUT2D eigenvalue weighted by molar-refractivity contribution is 7.15. The monoisotopic (exact) mass is 391 g/mol. The Balaban J connectivity index is 1.67. The van der Waals surface area contributed by atoms with E-state index in [1.54, 1.807) is 23.7 Å². The van der Waals surface area contributed by atoms with E-state index < -0.39 is 0 Å². The van der Waals surface area contributed by atoms with Gasteiger partial charge in [-0.15, -0.1) is 11.3 Å². The van der Waals surface area contributed by atoms with Gasteiger partial charge < -0.3 is 15.7 Å². The van der Waals surface area contributed by atoms with E-state index in [1.165, 1.54) is 4.88 Å². The molecule has 3 aromatic rings. The Morgan fingerprint density at radius 1 is 1.21 bits per heavy atom. The van der Waals surface area contributed by atoms with E-state index in [9.17, 15) is 10.4 Å². The lowest BCUT2D eigenvalue weighted by atomic mass is 9.92. The third-order valence-corrected chi connectivity index (χ3v) is 6.27. The predicted octanol–water partition coefficient (Wildman–Crippen LogP) is 3.54. The van der Waals surface area contributed by atoms with Crippen LogP contribution in [0.25, 0.3) is 11.1 Å². The van der Waals surface area contributed by atoms with E-state index >= 15 is 0 Å². The Morgan fingerprint density at radius 3 is 2.71 bits per heavy atom. The quantitative estimate of drug-likeness (QED) is 0.706. The average Bonchev–Trinajstić information content (AvgIpc) is 3.19. The van der Waals surface area contributed by atoms with Gasteiger partial charge in [-0.25, -0.2) is 4.98 Å². The van der Waals surface area contributed by atoms with Gasteiger partial charge in [0.1, 0.15) is 6.07 Å². The fourth-order valence-corrected chi connectivity index (χ4v) is 4.73. The van der Waals surface area contributed by atoms with Gasteiger partial charge in [0, 0.05) is 47.7 Å². The van der Waals surface area contributed by atoms with Crippen molar-refractivity contribution in [1.82, 2.24) is 9.97 Å². The van der Waals surface area contributed by atoms with Crippen LogP contribution in [-0.4, -0.2) is 28.2 Å². The molecule has 1 fully saturated rings. The largest absolute Gasteiger partial charge is 0.392 e. The zero-order valence-electron chi connectivity index (χ0n) is 15.4. The van der Waals surface area contributed by atoms with Gasteiger partial charge >= 0.3 is 0 Å². The second-order valence-corrected chi connectivity index (χ2v) is 7.96. The van der Waals surface area contributed by atoms with E-state index in [4.69, 9.17) is 5.73 Å². The highest BCUT2D eigenvalue weighted by Crippen LogP contribution is 2.39. The number of nitrogens with zero attached hydrogens (tertiary/aromatic N) is 4. The van der Waals surface area contributed by atoms with Crippen molar-refractivity contribution in [2.75, 3.05) is 23.7 Å². The minimum absolute atomic E-state index is 0.0665. The van der Waals surface area contributed by atoms with Crippen molar-refractivity contribution < 1.29 is 5.11 Å². The Bertz CT molecular complexity index is 1020. The molecule has 0 spiro atoms. The van der Waals surface area contributed by atoms with Gasteiger partial charge in [0.2, 0.25) is 0 Å². The number of rotatable bonds is 4. The zero-order chi connectivity index (χ0) is 19.5. The van der Waals surface area contributed by atoms with E-state index in [0.29, 0.717) is 16.6 Å². The Hall–Kier alpha value is -2.95. The van der Waals surface area contributed by atoms with Crippen LogP contribution in [0.1, 0.15) is 34.8 Å². The molecule has 1 aliphatic rings. The average molecular weight is 392 g/mol. The summed E-state index contributed by atoms with van der Waals surface area (Å²) in [5.41, 5.74) is 9.98. The summed E-state index contributed by atoms with van der Waals surface area (Å²) in [6, 6.07) is 9.90. The topological polar surface area (TPSA) is 99.1 Å². The van der Waals surface area contributed by atoms with Gasteiger partial charge in [-0.05, 0) is 36.5 Å². The number of nitriles is 1. The maximum atomic E-state index is 9.75. The highest BCUT2D eigenvalue weighted by atomic mass is 32.1. The Morgan fingerprint density at radius 2 is 2.04 bits per heavy atom. The third kappa shape index (κ3) is 3.44. The van der Waals surface area contributed by atoms with E-state index in [-0.39, 0.29) is 6.61 Å². The summed E-state index contributed by atoms with van der Waals surface area (Å²) in [7, 11) is 0. The molecule has 0 saturated carbocycles. The standard InChI is InChI=1S/C21H21N5OS/c22-10-15-2-1-3-17(18-11-24-7-4-16(18)13-27)20(15)26-8-5-14(6-9-26)19-12-25-21(23)28-19/h1-4,7,11-12,14,27H,5-6,8-9,13H2,(H2,23,25). The molecular formula is C21H21N5OS. The number of aromatic nitrogens is 2. The Labute approximate surface area is 167 Å². The van der Waals surface area contributed by atoms with Crippen molar-refractivity contribution in [3.05, 3.63) is 58.9 Å². The molecule has 2 aromatic heterocycles. The van der Waals surface area contributed by atoms with Crippen molar-refractivity contribution in [3.8, 4) is 17.2 Å². The fraction of sp³-hybridized carbons (Fsp3) is 0.286. The van der Waals surface area contributed by atoms with Crippen LogP contribution in [0, 0.1) is 11.3 Å². The number of nitrogen functional groups attached to an aromatic ring is 1. The van der Waals surface area contributed by atoms with Crippen LogP contribution in [0.2, 0.25) is 0 Å². The molecule has 0 bridgehead atoms. The molecule has 0 atom stereocenters. The van der Waals surface area contributed by atoms with Crippen molar-refractivity contribution in [2.45, 2.75) is 25.4 Å². The molecule has 1 aliphatic heterocycles. The predicted molar refractivity (Wildman–Crippen MR) is 111 cm³/mol. The number of thiazole rings is 1. The van der Waals surface area contributed by atoms with Crippen LogP contribution in [-0.2, 0) is 6.61 Å². The van der Waals surface area contributed by atoms with Crippen LogP contribution >= 0.6 is 11.3 Å². The molecule has 1 saturated heterocycles. The molecule has 142 valence electrons. The Kier molecular flexibility index (Phi) is 5.24. The summed E-state index contributed by atoms with van der Waals surface area (Å²) >= 11 is 1.56. The number of aliphatic hydroxyl groups is 1. The molecule has 6 nitrogen and oxygen atoms in total. The number of aliphatic hydroxyl groups excluding tert-OH is 1. The molecule has 0 amide bonds. The third-order valence-electron chi connectivity index (χ3n) is 5.28. The van der Waals surface area contributed by atoms with Gasteiger partial charge in [-0.1, -0.05) is 12.1 Å². The second kappa shape index (κ2) is 7.97. The van der Waals surface area contributed by atoms with Gasteiger partial charge in [0.15, 0.2) is 5.13 Å². The van der Waals surface area contributed by atoms with Crippen LogP contribution < -0.4 is 10.6 Å². The van der Waals surface area contributed by atoms with Gasteiger partial charge in [0.25, 0.3) is 0 Å². The summed E-state index contributed by atoms with van der Waals surface area (Å²) in [5.74, 6) is 0.454. The summed E-state index contributed by atoms with van der Waals surface area (Å²) < 4.78 is 0. The maximum absolute atomic E-state index is 9.75. The number of anilines is 2. The molecule has 1 aromatic carbocycles. The number of hydrogen-bond acceptors (Lipinski definition) is 7. The first-order valence-corrected chi connectivity index (χ1v) is 10.1. The van der Waals surface area contributed by atoms with Crippen molar-refractivity contribution >= 4 is 22.2 Å². The summed E-state index contributed by atoms with van der Waals surface area (Å²) in [6.07, 6.45) is 7.30. The lowest BCUT2D eigenvalue weighted by Gasteiger charge is -2.35. The normalized spacial score (nSPS) is 14.8. The van der Waals surface area contributed by atoms with Crippen LogP contribution in [0.4, 0.5) is 10.8 Å². The molecule has 0 radical (unpaired) electrons. The first-order chi connectivity index (χ1) is 13.7. The van der Waals surface area contributed by atoms with Gasteiger partial charge in [-0.3, -0.25) is 4.98 Å². The SMILES string of the molecule is N#Cc1cccc(-c2cnccc2CO)c1N1CCC(c2cnc(N)s2)CC1. The first-order valence-electron chi connectivity index (χ1n) is 9.24. The van der Waals surface area contributed by atoms with Gasteiger partial charge in [0.05, 0.1) is 17.9 Å².